The monoisotopic (exact) mass is 243 g/mol. The first-order valence-corrected chi connectivity index (χ1v) is 5.53. The molecule has 2 N–H and O–H groups in total. The molecule has 0 saturated heterocycles. The maximum Gasteiger partial charge on any atom is 0.328 e. The lowest BCUT2D eigenvalue weighted by atomic mass is 10.2. The van der Waals surface area contributed by atoms with Crippen LogP contribution in [0.1, 0.15) is 33.6 Å². The fourth-order valence-corrected chi connectivity index (χ4v) is 1.01. The summed E-state index contributed by atoms with van der Waals surface area (Å²) >= 11 is 0. The molecular formula is C12H21NO4. The number of allylic oxidation sites excluding steroid dienone is 1. The molecular weight excluding hydrogens is 222 g/mol. The van der Waals surface area contributed by atoms with Crippen molar-refractivity contribution >= 4 is 11.9 Å². The highest BCUT2D eigenvalue weighted by Gasteiger charge is 2.22. The van der Waals surface area contributed by atoms with E-state index in [4.69, 9.17) is 9.84 Å². The topological polar surface area (TPSA) is 75.6 Å². The van der Waals surface area contributed by atoms with Crippen LogP contribution in [0.25, 0.3) is 0 Å². The fraction of sp³-hybridized carbons (Fsp3) is 0.667. The molecule has 0 rings (SSSR count). The lowest BCUT2D eigenvalue weighted by molar-refractivity contribution is -0.145. The third-order valence-electron chi connectivity index (χ3n) is 1.89. The van der Waals surface area contributed by atoms with Crippen LogP contribution in [0, 0.1) is 0 Å². The summed E-state index contributed by atoms with van der Waals surface area (Å²) in [5.74, 6) is -1.41. The minimum Gasteiger partial charge on any atom is -0.480 e. The molecule has 5 heteroatoms. The molecule has 0 aliphatic heterocycles. The predicted molar refractivity (Wildman–Crippen MR) is 64.7 cm³/mol. The Kier molecular flexibility index (Phi) is 6.50. The van der Waals surface area contributed by atoms with Gasteiger partial charge in [-0.05, 0) is 27.2 Å². The van der Waals surface area contributed by atoms with Crippen molar-refractivity contribution in [1.82, 2.24) is 5.32 Å². The van der Waals surface area contributed by atoms with Crippen molar-refractivity contribution < 1.29 is 19.4 Å². The van der Waals surface area contributed by atoms with Crippen LogP contribution < -0.4 is 5.32 Å². The molecule has 0 heterocycles. The Hall–Kier alpha value is -1.36. The zero-order valence-electron chi connectivity index (χ0n) is 10.7. The summed E-state index contributed by atoms with van der Waals surface area (Å²) in [5.41, 5.74) is -0.431. The lowest BCUT2D eigenvalue weighted by Crippen LogP contribution is -2.45. The Balaban J connectivity index is 4.20. The molecule has 0 unspecified atom stereocenters. The molecule has 0 aromatic carbocycles. The van der Waals surface area contributed by atoms with Gasteiger partial charge in [0.25, 0.3) is 0 Å². The van der Waals surface area contributed by atoms with Crippen LogP contribution in [0.5, 0.6) is 0 Å². The average molecular weight is 243 g/mol. The van der Waals surface area contributed by atoms with Crippen LogP contribution >= 0.6 is 0 Å². The van der Waals surface area contributed by atoms with Crippen molar-refractivity contribution in [1.29, 1.82) is 0 Å². The maximum absolute atomic E-state index is 11.4. The number of carbonyl (C=O) groups is 2. The van der Waals surface area contributed by atoms with Crippen molar-refractivity contribution in [3.05, 3.63) is 12.7 Å². The second kappa shape index (κ2) is 7.06. The molecule has 17 heavy (non-hydrogen) atoms. The van der Waals surface area contributed by atoms with E-state index in [2.05, 4.69) is 11.9 Å². The minimum absolute atomic E-state index is 0.0430. The van der Waals surface area contributed by atoms with Crippen LogP contribution in [0.3, 0.4) is 0 Å². The van der Waals surface area contributed by atoms with Gasteiger partial charge in [-0.3, -0.25) is 4.79 Å². The van der Waals surface area contributed by atoms with Gasteiger partial charge in [-0.1, -0.05) is 6.08 Å². The summed E-state index contributed by atoms with van der Waals surface area (Å²) in [4.78, 5) is 22.3. The fourth-order valence-electron chi connectivity index (χ4n) is 1.01. The third-order valence-corrected chi connectivity index (χ3v) is 1.89. The van der Waals surface area contributed by atoms with E-state index in [9.17, 15) is 9.59 Å². The zero-order valence-corrected chi connectivity index (χ0v) is 10.7. The van der Waals surface area contributed by atoms with Gasteiger partial charge in [0.2, 0.25) is 5.91 Å². The van der Waals surface area contributed by atoms with E-state index in [1.54, 1.807) is 6.08 Å². The second-order valence-electron chi connectivity index (χ2n) is 4.71. The molecule has 0 saturated carbocycles. The summed E-state index contributed by atoms with van der Waals surface area (Å²) in [6.07, 6.45) is 2.38. The van der Waals surface area contributed by atoms with E-state index >= 15 is 0 Å². The number of carboxylic acid groups (broad SMARTS) is 1. The lowest BCUT2D eigenvalue weighted by Gasteiger charge is -2.23. The Morgan fingerprint density at radius 2 is 2.06 bits per heavy atom. The minimum atomic E-state index is -1.10. The highest BCUT2D eigenvalue weighted by molar-refractivity contribution is 5.83. The number of aliphatic carboxylic acids is 1. The van der Waals surface area contributed by atoms with Gasteiger partial charge in [0.15, 0.2) is 6.04 Å². The van der Waals surface area contributed by atoms with E-state index in [1.807, 2.05) is 20.8 Å². The summed E-state index contributed by atoms with van der Waals surface area (Å²) < 4.78 is 5.34. The number of carboxylic acids is 1. The Bertz CT molecular complexity index is 281. The summed E-state index contributed by atoms with van der Waals surface area (Å²) in [6.45, 7) is 8.93. The molecule has 1 amide bonds. The molecule has 0 aromatic heterocycles. The smallest absolute Gasteiger partial charge is 0.328 e. The zero-order chi connectivity index (χ0) is 13.5. The van der Waals surface area contributed by atoms with Crippen molar-refractivity contribution in [3.8, 4) is 0 Å². The normalized spacial score (nSPS) is 12.9. The van der Waals surface area contributed by atoms with Gasteiger partial charge >= 0.3 is 5.97 Å². The van der Waals surface area contributed by atoms with E-state index < -0.39 is 17.6 Å². The molecule has 5 nitrogen and oxygen atoms in total. The maximum atomic E-state index is 11.4. The SMILES string of the molecule is C=CCCC(=O)N[C@@H](COC(C)(C)C)C(=O)O. The first kappa shape index (κ1) is 15.6. The van der Waals surface area contributed by atoms with Gasteiger partial charge in [0, 0.05) is 6.42 Å². The number of carbonyl (C=O) groups excluding carboxylic acids is 1. The molecule has 0 spiro atoms. The van der Waals surface area contributed by atoms with Crippen molar-refractivity contribution in [2.24, 2.45) is 0 Å². The van der Waals surface area contributed by atoms with Gasteiger partial charge in [0.05, 0.1) is 12.2 Å². The van der Waals surface area contributed by atoms with Crippen molar-refractivity contribution in [3.63, 3.8) is 0 Å². The number of hydrogen-bond acceptors (Lipinski definition) is 3. The van der Waals surface area contributed by atoms with E-state index in [-0.39, 0.29) is 18.9 Å². The molecule has 0 bridgehead atoms. The van der Waals surface area contributed by atoms with Gasteiger partial charge in [-0.15, -0.1) is 6.58 Å². The van der Waals surface area contributed by atoms with Crippen LogP contribution in [0.4, 0.5) is 0 Å². The average Bonchev–Trinajstić information content (AvgIpc) is 2.19. The van der Waals surface area contributed by atoms with Gasteiger partial charge in [-0.2, -0.15) is 0 Å². The van der Waals surface area contributed by atoms with Crippen molar-refractivity contribution in [2.75, 3.05) is 6.61 Å². The summed E-state index contributed by atoms with van der Waals surface area (Å²) in [6, 6.07) is -1.01. The number of amides is 1. The molecule has 0 aliphatic rings. The number of nitrogens with one attached hydrogen (secondary N) is 1. The Labute approximate surface area is 102 Å². The molecule has 0 aromatic rings. The van der Waals surface area contributed by atoms with Gasteiger partial charge < -0.3 is 15.2 Å². The number of ether oxygens (including phenoxy) is 1. The Morgan fingerprint density at radius 3 is 2.47 bits per heavy atom. The van der Waals surface area contributed by atoms with Crippen molar-refractivity contribution in [2.45, 2.75) is 45.3 Å². The standard InChI is InChI=1S/C12H21NO4/c1-5-6-7-10(14)13-9(11(15)16)8-17-12(2,3)4/h5,9H,1,6-8H2,2-4H3,(H,13,14)(H,15,16)/t9-/m0/s1. The van der Waals surface area contributed by atoms with E-state index in [0.29, 0.717) is 6.42 Å². The summed E-state index contributed by atoms with van der Waals surface area (Å²) in [5, 5.41) is 11.3. The largest absolute Gasteiger partial charge is 0.480 e. The summed E-state index contributed by atoms with van der Waals surface area (Å²) in [7, 11) is 0. The predicted octanol–water partition coefficient (Wildman–Crippen LogP) is 1.34. The highest BCUT2D eigenvalue weighted by Crippen LogP contribution is 2.07. The third kappa shape index (κ3) is 8.45. The molecule has 0 fully saturated rings. The molecule has 0 aliphatic carbocycles. The van der Waals surface area contributed by atoms with Crippen LogP contribution in [0.2, 0.25) is 0 Å². The highest BCUT2D eigenvalue weighted by atomic mass is 16.5. The van der Waals surface area contributed by atoms with Crippen LogP contribution in [-0.4, -0.2) is 35.2 Å². The van der Waals surface area contributed by atoms with E-state index in [0.717, 1.165) is 0 Å². The van der Waals surface area contributed by atoms with Crippen LogP contribution in [-0.2, 0) is 14.3 Å². The Morgan fingerprint density at radius 1 is 1.47 bits per heavy atom. The quantitative estimate of drug-likeness (QED) is 0.661. The van der Waals surface area contributed by atoms with Crippen LogP contribution in [0.15, 0.2) is 12.7 Å². The molecule has 1 atom stereocenters. The van der Waals surface area contributed by atoms with Gasteiger partial charge in [-0.25, -0.2) is 4.79 Å². The second-order valence-corrected chi connectivity index (χ2v) is 4.71. The number of rotatable bonds is 7. The molecule has 0 radical (unpaired) electrons. The molecule has 98 valence electrons. The number of hydrogen-bond donors (Lipinski definition) is 2. The van der Waals surface area contributed by atoms with E-state index in [1.165, 1.54) is 0 Å². The van der Waals surface area contributed by atoms with Gasteiger partial charge in [0.1, 0.15) is 0 Å². The first-order chi connectivity index (χ1) is 7.76. The first-order valence-electron chi connectivity index (χ1n) is 5.53.